The van der Waals surface area contributed by atoms with Gasteiger partial charge in [0, 0.05) is 36.1 Å². The number of rotatable bonds is 10. The molecule has 0 aliphatic rings. The highest BCUT2D eigenvalue weighted by molar-refractivity contribution is 6.31. The number of hydrogen-bond acceptors (Lipinski definition) is 4. The lowest BCUT2D eigenvalue weighted by molar-refractivity contribution is 0.192. The minimum atomic E-state index is 0.699. The first-order valence-corrected chi connectivity index (χ1v) is 9.90. The Morgan fingerprint density at radius 1 is 0.889 bits per heavy atom. The highest BCUT2D eigenvalue weighted by Gasteiger charge is 2.10. The third kappa shape index (κ3) is 5.02. The molecule has 2 aromatic carbocycles. The summed E-state index contributed by atoms with van der Waals surface area (Å²) < 4.78 is 10.5. The number of aromatic nitrogens is 1. The van der Waals surface area contributed by atoms with Gasteiger partial charge < -0.3 is 14.8 Å². The molecule has 27 heavy (non-hydrogen) atoms. The Morgan fingerprint density at radius 3 is 2.52 bits per heavy atom. The molecule has 144 valence electrons. The monoisotopic (exact) mass is 386 g/mol. The zero-order chi connectivity index (χ0) is 19.1. The third-order valence-corrected chi connectivity index (χ3v) is 5.01. The van der Waals surface area contributed by atoms with E-state index < -0.39 is 0 Å². The van der Waals surface area contributed by atoms with Crippen LogP contribution in [0.15, 0.2) is 36.4 Å². The van der Waals surface area contributed by atoms with E-state index in [1.165, 1.54) is 19.3 Å². The molecule has 1 heterocycles. The van der Waals surface area contributed by atoms with Crippen molar-refractivity contribution in [2.24, 2.45) is 0 Å². The molecule has 0 aliphatic carbocycles. The quantitative estimate of drug-likeness (QED) is 0.339. The molecule has 0 bridgehead atoms. The predicted octanol–water partition coefficient (Wildman–Crippen LogP) is 6.06. The standard InChI is InChI=1S/C22H27ClN2O2/c1-26-13-7-5-3-4-6-12-24-22-18-10-8-16(23)14-21(18)25-20-11-9-17(27-2)15-19(20)22/h8-11,14-15H,3-7,12-13H2,1-2H3,(H,24,25). The van der Waals surface area contributed by atoms with Crippen molar-refractivity contribution in [3.05, 3.63) is 41.4 Å². The van der Waals surface area contributed by atoms with Crippen LogP contribution in [0, 0.1) is 0 Å². The van der Waals surface area contributed by atoms with Crippen LogP contribution >= 0.6 is 11.6 Å². The van der Waals surface area contributed by atoms with Crippen LogP contribution in [0.2, 0.25) is 5.02 Å². The molecule has 0 aliphatic heterocycles. The van der Waals surface area contributed by atoms with Crippen LogP contribution < -0.4 is 10.1 Å². The zero-order valence-corrected chi connectivity index (χ0v) is 16.8. The summed E-state index contributed by atoms with van der Waals surface area (Å²) >= 11 is 6.18. The second-order valence-corrected chi connectivity index (χ2v) is 7.16. The fourth-order valence-corrected chi connectivity index (χ4v) is 3.50. The summed E-state index contributed by atoms with van der Waals surface area (Å²) in [6.45, 7) is 1.79. The van der Waals surface area contributed by atoms with E-state index in [-0.39, 0.29) is 0 Å². The Bertz CT molecular complexity index is 898. The number of nitrogens with one attached hydrogen (secondary N) is 1. The van der Waals surface area contributed by atoms with Gasteiger partial charge in [0.05, 0.1) is 23.8 Å². The summed E-state index contributed by atoms with van der Waals surface area (Å²) in [5.41, 5.74) is 2.94. The first-order valence-electron chi connectivity index (χ1n) is 9.53. The first kappa shape index (κ1) is 19.7. The number of anilines is 1. The van der Waals surface area contributed by atoms with Crippen molar-refractivity contribution >= 4 is 39.1 Å². The van der Waals surface area contributed by atoms with E-state index in [9.17, 15) is 0 Å². The Morgan fingerprint density at radius 2 is 1.70 bits per heavy atom. The minimum Gasteiger partial charge on any atom is -0.497 e. The van der Waals surface area contributed by atoms with E-state index in [0.29, 0.717) is 5.02 Å². The Hall–Kier alpha value is -2.04. The van der Waals surface area contributed by atoms with E-state index in [1.807, 2.05) is 36.4 Å². The Balaban J connectivity index is 1.78. The van der Waals surface area contributed by atoms with Crippen molar-refractivity contribution in [2.75, 3.05) is 32.7 Å². The molecular formula is C22H27ClN2O2. The molecule has 5 heteroatoms. The molecule has 0 saturated heterocycles. The number of hydrogen-bond donors (Lipinski definition) is 1. The maximum Gasteiger partial charge on any atom is 0.119 e. The number of ether oxygens (including phenoxy) is 2. The van der Waals surface area contributed by atoms with E-state index in [0.717, 1.165) is 59.2 Å². The number of methoxy groups -OCH3 is 2. The van der Waals surface area contributed by atoms with Crippen molar-refractivity contribution in [1.82, 2.24) is 4.98 Å². The molecule has 1 N–H and O–H groups in total. The minimum absolute atomic E-state index is 0.699. The maximum absolute atomic E-state index is 6.18. The topological polar surface area (TPSA) is 43.4 Å². The summed E-state index contributed by atoms with van der Waals surface area (Å²) in [4.78, 5) is 4.77. The highest BCUT2D eigenvalue weighted by atomic mass is 35.5. The SMILES string of the molecule is COCCCCCCCNc1c2ccc(Cl)cc2nc2ccc(OC)cc12. The smallest absolute Gasteiger partial charge is 0.119 e. The largest absolute Gasteiger partial charge is 0.497 e. The van der Waals surface area contributed by atoms with Crippen LogP contribution in [0.3, 0.4) is 0 Å². The average Bonchev–Trinajstić information content (AvgIpc) is 2.68. The summed E-state index contributed by atoms with van der Waals surface area (Å²) in [7, 11) is 3.45. The van der Waals surface area contributed by atoms with Crippen LogP contribution in [-0.2, 0) is 4.74 Å². The highest BCUT2D eigenvalue weighted by Crippen LogP contribution is 2.34. The first-order chi connectivity index (χ1) is 13.2. The van der Waals surface area contributed by atoms with E-state index in [4.69, 9.17) is 26.1 Å². The van der Waals surface area contributed by atoms with Crippen molar-refractivity contribution in [1.29, 1.82) is 0 Å². The Kier molecular flexibility index (Phi) is 7.13. The third-order valence-electron chi connectivity index (χ3n) is 4.77. The van der Waals surface area contributed by atoms with E-state index >= 15 is 0 Å². The van der Waals surface area contributed by atoms with Crippen LogP contribution in [-0.4, -0.2) is 32.4 Å². The summed E-state index contributed by atoms with van der Waals surface area (Å²) in [6.07, 6.45) is 5.96. The number of unbranched alkanes of at least 4 members (excludes halogenated alkanes) is 4. The van der Waals surface area contributed by atoms with E-state index in [1.54, 1.807) is 14.2 Å². The number of nitrogens with zero attached hydrogens (tertiary/aromatic N) is 1. The van der Waals surface area contributed by atoms with Gasteiger partial charge in [-0.05, 0) is 49.2 Å². The summed E-state index contributed by atoms with van der Waals surface area (Å²) in [6, 6.07) is 11.9. The lowest BCUT2D eigenvalue weighted by atomic mass is 10.1. The fraction of sp³-hybridized carbons (Fsp3) is 0.409. The van der Waals surface area contributed by atoms with Gasteiger partial charge in [0.1, 0.15) is 5.75 Å². The van der Waals surface area contributed by atoms with Gasteiger partial charge in [-0.1, -0.05) is 30.9 Å². The molecule has 0 fully saturated rings. The predicted molar refractivity (Wildman–Crippen MR) is 114 cm³/mol. The molecule has 0 unspecified atom stereocenters. The number of fused-ring (bicyclic) bond motifs is 2. The van der Waals surface area contributed by atoms with Crippen molar-refractivity contribution in [2.45, 2.75) is 32.1 Å². The van der Waals surface area contributed by atoms with Gasteiger partial charge in [-0.2, -0.15) is 0 Å². The van der Waals surface area contributed by atoms with E-state index in [2.05, 4.69) is 5.32 Å². The molecule has 0 radical (unpaired) electrons. The fourth-order valence-electron chi connectivity index (χ4n) is 3.33. The molecule has 3 aromatic rings. The number of halogens is 1. The van der Waals surface area contributed by atoms with Crippen LogP contribution in [0.5, 0.6) is 5.75 Å². The Labute approximate surface area is 165 Å². The zero-order valence-electron chi connectivity index (χ0n) is 16.1. The second-order valence-electron chi connectivity index (χ2n) is 6.72. The van der Waals surface area contributed by atoms with Crippen LogP contribution in [0.25, 0.3) is 21.8 Å². The lowest BCUT2D eigenvalue weighted by Crippen LogP contribution is -2.04. The maximum atomic E-state index is 6.18. The van der Waals surface area contributed by atoms with Crippen molar-refractivity contribution < 1.29 is 9.47 Å². The van der Waals surface area contributed by atoms with Gasteiger partial charge in [0.15, 0.2) is 0 Å². The van der Waals surface area contributed by atoms with Gasteiger partial charge in [-0.25, -0.2) is 4.98 Å². The molecule has 0 spiro atoms. The number of pyridine rings is 1. The molecule has 1 aromatic heterocycles. The van der Waals surface area contributed by atoms with Gasteiger partial charge in [-0.3, -0.25) is 0 Å². The second kappa shape index (κ2) is 9.77. The van der Waals surface area contributed by atoms with Crippen LogP contribution in [0.1, 0.15) is 32.1 Å². The number of benzene rings is 2. The normalized spacial score (nSPS) is 11.2. The lowest BCUT2D eigenvalue weighted by Gasteiger charge is -2.14. The molecule has 0 atom stereocenters. The van der Waals surface area contributed by atoms with Gasteiger partial charge >= 0.3 is 0 Å². The summed E-state index contributed by atoms with van der Waals surface area (Å²) in [5.74, 6) is 0.832. The van der Waals surface area contributed by atoms with Crippen molar-refractivity contribution in [3.63, 3.8) is 0 Å². The molecule has 0 saturated carbocycles. The summed E-state index contributed by atoms with van der Waals surface area (Å²) in [5, 5.41) is 6.50. The molecule has 0 amide bonds. The van der Waals surface area contributed by atoms with Gasteiger partial charge in [0.25, 0.3) is 0 Å². The average molecular weight is 387 g/mol. The van der Waals surface area contributed by atoms with Gasteiger partial charge in [-0.15, -0.1) is 0 Å². The molecule has 3 rings (SSSR count). The molecular weight excluding hydrogens is 360 g/mol. The molecule has 4 nitrogen and oxygen atoms in total. The van der Waals surface area contributed by atoms with Crippen LogP contribution in [0.4, 0.5) is 5.69 Å². The van der Waals surface area contributed by atoms with Gasteiger partial charge in [0.2, 0.25) is 0 Å². The van der Waals surface area contributed by atoms with Crippen molar-refractivity contribution in [3.8, 4) is 5.75 Å².